The van der Waals surface area contributed by atoms with Gasteiger partial charge in [-0.05, 0) is 29.0 Å². The minimum Gasteiger partial charge on any atom is -0.279 e. The number of thioether (sulfide) groups is 1. The van der Waals surface area contributed by atoms with Crippen molar-refractivity contribution in [1.82, 2.24) is 10.6 Å². The summed E-state index contributed by atoms with van der Waals surface area (Å²) in [5.41, 5.74) is 2.88. The fraction of sp³-hybridized carbons (Fsp3) is 0.400. The number of benzene rings is 1. The minimum absolute atomic E-state index is 0.428. The van der Waals surface area contributed by atoms with Crippen LogP contribution in [0.1, 0.15) is 30.4 Å². The fourth-order valence-electron chi connectivity index (χ4n) is 2.01. The summed E-state index contributed by atoms with van der Waals surface area (Å²) in [5.74, 6) is 1.15. The predicted molar refractivity (Wildman–Crippen MR) is 54.6 cm³/mol. The van der Waals surface area contributed by atoms with Gasteiger partial charge in [-0.25, -0.2) is 0 Å². The van der Waals surface area contributed by atoms with E-state index in [9.17, 15) is 0 Å². The SMILES string of the molecule is CCSc1ccc2c(c1)C1NC2N1. The topological polar surface area (TPSA) is 24.1 Å². The summed E-state index contributed by atoms with van der Waals surface area (Å²) in [4.78, 5) is 1.39. The molecule has 4 rings (SSSR count). The Balaban J connectivity index is 1.99. The number of hydrogen-bond donors (Lipinski definition) is 2. The first-order valence-corrected chi connectivity index (χ1v) is 5.66. The van der Waals surface area contributed by atoms with Crippen molar-refractivity contribution < 1.29 is 0 Å². The van der Waals surface area contributed by atoms with E-state index in [0.29, 0.717) is 12.3 Å². The fourth-order valence-corrected chi connectivity index (χ4v) is 2.72. The monoisotopic (exact) mass is 192 g/mol. The van der Waals surface area contributed by atoms with Crippen molar-refractivity contribution in [3.63, 3.8) is 0 Å². The highest BCUT2D eigenvalue weighted by Crippen LogP contribution is 2.40. The quantitative estimate of drug-likeness (QED) is 0.701. The second-order valence-electron chi connectivity index (χ2n) is 3.42. The van der Waals surface area contributed by atoms with E-state index >= 15 is 0 Å². The molecular weight excluding hydrogens is 180 g/mol. The van der Waals surface area contributed by atoms with Crippen molar-refractivity contribution in [1.29, 1.82) is 0 Å². The van der Waals surface area contributed by atoms with Crippen molar-refractivity contribution in [2.75, 3.05) is 5.75 Å². The molecule has 1 fully saturated rings. The van der Waals surface area contributed by atoms with E-state index < -0.39 is 0 Å². The Labute approximate surface area is 82.1 Å². The average Bonchev–Trinajstić information content (AvgIpc) is 2.55. The van der Waals surface area contributed by atoms with Gasteiger partial charge in [0.2, 0.25) is 0 Å². The molecular formula is C10H12N2S. The maximum atomic E-state index is 3.43. The van der Waals surface area contributed by atoms with Crippen molar-refractivity contribution in [3.8, 4) is 0 Å². The van der Waals surface area contributed by atoms with Crippen LogP contribution in [0.25, 0.3) is 0 Å². The Morgan fingerprint density at radius 1 is 1.23 bits per heavy atom. The first-order valence-electron chi connectivity index (χ1n) is 4.67. The smallest absolute Gasteiger partial charge is 0.0868 e. The molecule has 0 saturated carbocycles. The van der Waals surface area contributed by atoms with Gasteiger partial charge in [0.05, 0.1) is 12.3 Å². The molecule has 0 aliphatic carbocycles. The van der Waals surface area contributed by atoms with E-state index in [2.05, 4.69) is 35.8 Å². The Hall–Kier alpha value is -0.510. The van der Waals surface area contributed by atoms with Gasteiger partial charge in [0.1, 0.15) is 0 Å². The lowest BCUT2D eigenvalue weighted by Gasteiger charge is -2.28. The number of nitrogens with one attached hydrogen (secondary N) is 2. The molecule has 3 aliphatic rings. The zero-order valence-corrected chi connectivity index (χ0v) is 8.32. The predicted octanol–water partition coefficient (Wildman–Crippen LogP) is 2.00. The third-order valence-electron chi connectivity index (χ3n) is 2.66. The molecule has 0 spiro atoms. The van der Waals surface area contributed by atoms with Gasteiger partial charge in [0.25, 0.3) is 0 Å². The molecule has 3 aliphatic heterocycles. The third-order valence-corrected chi connectivity index (χ3v) is 3.53. The van der Waals surface area contributed by atoms with Gasteiger partial charge in [-0.1, -0.05) is 13.0 Å². The third kappa shape index (κ3) is 1.04. The maximum absolute atomic E-state index is 3.43. The van der Waals surface area contributed by atoms with Crippen molar-refractivity contribution >= 4 is 11.8 Å². The van der Waals surface area contributed by atoms with Crippen LogP contribution in [0.5, 0.6) is 0 Å². The number of rotatable bonds is 2. The molecule has 0 aromatic heterocycles. The normalized spacial score (nSPS) is 28.4. The van der Waals surface area contributed by atoms with Crippen LogP contribution in [0.3, 0.4) is 0 Å². The number of hydrogen-bond acceptors (Lipinski definition) is 3. The summed E-state index contributed by atoms with van der Waals surface area (Å²) in [7, 11) is 0. The summed E-state index contributed by atoms with van der Waals surface area (Å²) in [6, 6.07) is 6.77. The molecule has 2 N–H and O–H groups in total. The molecule has 0 amide bonds. The summed E-state index contributed by atoms with van der Waals surface area (Å²) in [6.45, 7) is 2.19. The maximum Gasteiger partial charge on any atom is 0.0868 e. The summed E-state index contributed by atoms with van der Waals surface area (Å²) in [5, 5.41) is 6.86. The van der Waals surface area contributed by atoms with Crippen molar-refractivity contribution in [2.24, 2.45) is 0 Å². The average molecular weight is 192 g/mol. The van der Waals surface area contributed by atoms with E-state index in [1.54, 1.807) is 0 Å². The highest BCUT2D eigenvalue weighted by molar-refractivity contribution is 7.99. The second-order valence-corrected chi connectivity index (χ2v) is 4.76. The van der Waals surface area contributed by atoms with E-state index in [4.69, 9.17) is 0 Å². The summed E-state index contributed by atoms with van der Waals surface area (Å²) < 4.78 is 0. The van der Waals surface area contributed by atoms with Crippen LogP contribution in [0.2, 0.25) is 0 Å². The zero-order valence-electron chi connectivity index (χ0n) is 7.50. The molecule has 13 heavy (non-hydrogen) atoms. The Bertz CT molecular complexity index is 345. The molecule has 3 heterocycles. The highest BCUT2D eigenvalue weighted by Gasteiger charge is 2.40. The Morgan fingerprint density at radius 3 is 2.77 bits per heavy atom. The van der Waals surface area contributed by atoms with Gasteiger partial charge in [-0.3, -0.25) is 10.6 Å². The lowest BCUT2D eigenvalue weighted by Crippen LogP contribution is -2.47. The lowest BCUT2D eigenvalue weighted by atomic mass is 10.1. The van der Waals surface area contributed by atoms with Crippen LogP contribution in [-0.2, 0) is 0 Å². The van der Waals surface area contributed by atoms with Gasteiger partial charge < -0.3 is 0 Å². The van der Waals surface area contributed by atoms with Gasteiger partial charge in [0.15, 0.2) is 0 Å². The molecule has 1 aromatic rings. The lowest BCUT2D eigenvalue weighted by molar-refractivity contribution is 0.247. The van der Waals surface area contributed by atoms with Crippen molar-refractivity contribution in [3.05, 3.63) is 29.3 Å². The Morgan fingerprint density at radius 2 is 2.00 bits per heavy atom. The van der Waals surface area contributed by atoms with Crippen LogP contribution in [0.15, 0.2) is 23.1 Å². The van der Waals surface area contributed by atoms with Crippen LogP contribution >= 0.6 is 11.8 Å². The van der Waals surface area contributed by atoms with Gasteiger partial charge >= 0.3 is 0 Å². The van der Waals surface area contributed by atoms with E-state index in [-0.39, 0.29) is 0 Å². The largest absolute Gasteiger partial charge is 0.279 e. The van der Waals surface area contributed by atoms with Crippen LogP contribution in [-0.4, -0.2) is 5.75 Å². The molecule has 1 aromatic carbocycles. The van der Waals surface area contributed by atoms with E-state index in [1.807, 2.05) is 11.8 Å². The first-order chi connectivity index (χ1) is 6.38. The first kappa shape index (κ1) is 7.85. The molecule has 0 radical (unpaired) electrons. The summed E-state index contributed by atoms with van der Waals surface area (Å²) in [6.07, 6.45) is 0.859. The van der Waals surface area contributed by atoms with Crippen LogP contribution in [0.4, 0.5) is 0 Å². The highest BCUT2D eigenvalue weighted by atomic mass is 32.2. The molecule has 68 valence electrons. The summed E-state index contributed by atoms with van der Waals surface area (Å²) >= 11 is 1.91. The zero-order chi connectivity index (χ0) is 8.84. The molecule has 1 saturated heterocycles. The van der Waals surface area contributed by atoms with Crippen LogP contribution in [0, 0.1) is 0 Å². The van der Waals surface area contributed by atoms with Crippen molar-refractivity contribution in [2.45, 2.75) is 24.2 Å². The van der Waals surface area contributed by atoms with Gasteiger partial charge in [-0.2, -0.15) is 0 Å². The standard InChI is InChI=1S/C10H12N2S/c1-2-13-6-3-4-7-8(5-6)10-11-9(7)12-10/h3-5,9-12H,2H2,1H3. The minimum atomic E-state index is 0.428. The Kier molecular flexibility index (Phi) is 1.65. The van der Waals surface area contributed by atoms with E-state index in [1.165, 1.54) is 16.0 Å². The van der Waals surface area contributed by atoms with Gasteiger partial charge in [-0.15, -0.1) is 11.8 Å². The van der Waals surface area contributed by atoms with Gasteiger partial charge in [0, 0.05) is 4.90 Å². The molecule has 2 nitrogen and oxygen atoms in total. The molecule has 0 atom stereocenters. The molecule has 2 bridgehead atoms. The van der Waals surface area contributed by atoms with E-state index in [0.717, 1.165) is 5.75 Å². The van der Waals surface area contributed by atoms with Crippen LogP contribution < -0.4 is 10.6 Å². The second kappa shape index (κ2) is 2.74. The molecule has 0 unspecified atom stereocenters. The molecule has 3 heteroatoms.